The fourth-order valence-electron chi connectivity index (χ4n) is 1.71. The molecule has 3 heteroatoms. The van der Waals surface area contributed by atoms with Crippen molar-refractivity contribution in [2.45, 2.75) is 39.7 Å². The summed E-state index contributed by atoms with van der Waals surface area (Å²) in [6, 6.07) is 9.76. The molecule has 0 aliphatic rings. The predicted molar refractivity (Wildman–Crippen MR) is 71.2 cm³/mol. The van der Waals surface area contributed by atoms with Crippen molar-refractivity contribution in [2.75, 3.05) is 6.61 Å². The Kier molecular flexibility index (Phi) is 5.18. The second kappa shape index (κ2) is 6.42. The first-order chi connectivity index (χ1) is 8.46. The molecular formula is C15H21NO2. The lowest BCUT2D eigenvalue weighted by atomic mass is 9.90. The molecule has 0 spiro atoms. The van der Waals surface area contributed by atoms with Crippen molar-refractivity contribution in [1.82, 2.24) is 0 Å². The summed E-state index contributed by atoms with van der Waals surface area (Å²) in [5, 5.41) is 18.5. The van der Waals surface area contributed by atoms with E-state index in [2.05, 4.69) is 6.07 Å². The zero-order chi connectivity index (χ0) is 13.6. The van der Waals surface area contributed by atoms with E-state index in [9.17, 15) is 5.11 Å². The van der Waals surface area contributed by atoms with Crippen molar-refractivity contribution in [3.8, 4) is 11.8 Å². The van der Waals surface area contributed by atoms with Crippen LogP contribution >= 0.6 is 0 Å². The molecule has 18 heavy (non-hydrogen) atoms. The third kappa shape index (κ3) is 4.38. The molecule has 0 saturated carbocycles. The highest BCUT2D eigenvalue weighted by Gasteiger charge is 2.16. The topological polar surface area (TPSA) is 53.2 Å². The summed E-state index contributed by atoms with van der Waals surface area (Å²) in [6.07, 6.45) is 1.10. The Bertz CT molecular complexity index is 419. The lowest BCUT2D eigenvalue weighted by molar-refractivity contribution is 0.190. The number of aliphatic hydroxyl groups excluding tert-OH is 1. The molecule has 0 amide bonds. The van der Waals surface area contributed by atoms with Gasteiger partial charge in [-0.05, 0) is 39.7 Å². The van der Waals surface area contributed by atoms with Crippen LogP contribution in [0.3, 0.4) is 0 Å². The third-order valence-electron chi connectivity index (χ3n) is 2.88. The fraction of sp³-hybridized carbons (Fsp3) is 0.533. The zero-order valence-corrected chi connectivity index (χ0v) is 11.3. The smallest absolute Gasteiger partial charge is 0.125 e. The second-order valence-corrected chi connectivity index (χ2v) is 5.16. The molecule has 0 radical (unpaired) electrons. The molecule has 0 heterocycles. The molecule has 1 N–H and O–H groups in total. The average molecular weight is 247 g/mol. The van der Waals surface area contributed by atoms with Gasteiger partial charge in [0.1, 0.15) is 5.75 Å². The Hall–Kier alpha value is -1.53. The highest BCUT2D eigenvalue weighted by atomic mass is 16.5. The summed E-state index contributed by atoms with van der Waals surface area (Å²) >= 11 is 0. The van der Waals surface area contributed by atoms with Crippen molar-refractivity contribution < 1.29 is 9.84 Å². The summed E-state index contributed by atoms with van der Waals surface area (Å²) in [7, 11) is 0. The van der Waals surface area contributed by atoms with Gasteiger partial charge >= 0.3 is 0 Å². The van der Waals surface area contributed by atoms with Gasteiger partial charge in [0.15, 0.2) is 0 Å². The number of aliphatic hydroxyl groups is 1. The standard InChI is InChI=1S/C15H21NO2/c1-12(17)13-7-4-5-8-14(13)18-10-6-9-15(2,3)11-16/h4-5,7-8,12,17H,6,9-10H2,1-3H3. The van der Waals surface area contributed by atoms with E-state index in [0.717, 1.165) is 24.2 Å². The fourth-order valence-corrected chi connectivity index (χ4v) is 1.71. The minimum Gasteiger partial charge on any atom is -0.493 e. The first-order valence-corrected chi connectivity index (χ1v) is 6.27. The average Bonchev–Trinajstić information content (AvgIpc) is 2.35. The molecule has 98 valence electrons. The van der Waals surface area contributed by atoms with Crippen LogP contribution in [0.15, 0.2) is 24.3 Å². The van der Waals surface area contributed by atoms with Crippen LogP contribution in [0.5, 0.6) is 5.75 Å². The van der Waals surface area contributed by atoms with Gasteiger partial charge < -0.3 is 9.84 Å². The molecule has 0 saturated heterocycles. The highest BCUT2D eigenvalue weighted by molar-refractivity contribution is 5.34. The van der Waals surface area contributed by atoms with Crippen LogP contribution in [-0.2, 0) is 0 Å². The molecule has 1 rings (SSSR count). The Morgan fingerprint density at radius 2 is 2.06 bits per heavy atom. The van der Waals surface area contributed by atoms with Crippen molar-refractivity contribution in [2.24, 2.45) is 5.41 Å². The first-order valence-electron chi connectivity index (χ1n) is 6.27. The molecule has 0 aliphatic carbocycles. The third-order valence-corrected chi connectivity index (χ3v) is 2.88. The molecule has 0 aliphatic heterocycles. The Morgan fingerprint density at radius 3 is 2.67 bits per heavy atom. The Balaban J connectivity index is 2.48. The molecule has 0 aromatic heterocycles. The first kappa shape index (κ1) is 14.5. The van der Waals surface area contributed by atoms with Crippen molar-refractivity contribution in [3.05, 3.63) is 29.8 Å². The number of para-hydroxylation sites is 1. The van der Waals surface area contributed by atoms with E-state index in [4.69, 9.17) is 10.00 Å². The minimum absolute atomic E-state index is 0.298. The van der Waals surface area contributed by atoms with E-state index in [1.165, 1.54) is 0 Å². The van der Waals surface area contributed by atoms with Crippen molar-refractivity contribution >= 4 is 0 Å². The number of hydrogen-bond donors (Lipinski definition) is 1. The van der Waals surface area contributed by atoms with E-state index in [-0.39, 0.29) is 5.41 Å². The SMILES string of the molecule is CC(O)c1ccccc1OCCCC(C)(C)C#N. The molecule has 3 nitrogen and oxygen atoms in total. The van der Waals surface area contributed by atoms with Gasteiger partial charge in [0.25, 0.3) is 0 Å². The number of hydrogen-bond acceptors (Lipinski definition) is 3. The highest BCUT2D eigenvalue weighted by Crippen LogP contribution is 2.25. The number of nitriles is 1. The summed E-state index contributed by atoms with van der Waals surface area (Å²) in [5.74, 6) is 0.724. The van der Waals surface area contributed by atoms with E-state index in [1.54, 1.807) is 6.92 Å². The van der Waals surface area contributed by atoms with E-state index in [1.807, 2.05) is 38.1 Å². The van der Waals surface area contributed by atoms with Crippen LogP contribution < -0.4 is 4.74 Å². The van der Waals surface area contributed by atoms with Gasteiger partial charge in [0.05, 0.1) is 24.2 Å². The van der Waals surface area contributed by atoms with E-state index >= 15 is 0 Å². The predicted octanol–water partition coefficient (Wildman–Crippen LogP) is 3.45. The molecule has 1 aromatic rings. The van der Waals surface area contributed by atoms with Gasteiger partial charge in [0.2, 0.25) is 0 Å². The molecule has 0 fully saturated rings. The van der Waals surface area contributed by atoms with E-state index in [0.29, 0.717) is 6.61 Å². The van der Waals surface area contributed by atoms with Crippen LogP contribution in [0.4, 0.5) is 0 Å². The zero-order valence-electron chi connectivity index (χ0n) is 11.3. The molecule has 1 atom stereocenters. The van der Waals surface area contributed by atoms with Gasteiger partial charge in [-0.25, -0.2) is 0 Å². The van der Waals surface area contributed by atoms with Crippen LogP contribution in [-0.4, -0.2) is 11.7 Å². The maximum atomic E-state index is 9.61. The number of benzene rings is 1. The molecule has 1 unspecified atom stereocenters. The lowest BCUT2D eigenvalue weighted by Gasteiger charge is -2.16. The van der Waals surface area contributed by atoms with Crippen molar-refractivity contribution in [1.29, 1.82) is 5.26 Å². The Morgan fingerprint density at radius 1 is 1.39 bits per heavy atom. The number of nitrogens with zero attached hydrogens (tertiary/aromatic N) is 1. The van der Waals surface area contributed by atoms with Crippen LogP contribution in [0.1, 0.15) is 45.3 Å². The minimum atomic E-state index is -0.531. The largest absolute Gasteiger partial charge is 0.493 e. The van der Waals surface area contributed by atoms with Gasteiger partial charge in [0, 0.05) is 5.56 Å². The summed E-state index contributed by atoms with van der Waals surface area (Å²) < 4.78 is 5.67. The number of ether oxygens (including phenoxy) is 1. The Labute approximate surface area is 109 Å². The van der Waals surface area contributed by atoms with Gasteiger partial charge in [-0.15, -0.1) is 0 Å². The lowest BCUT2D eigenvalue weighted by Crippen LogP contribution is -2.10. The van der Waals surface area contributed by atoms with Gasteiger partial charge in [-0.3, -0.25) is 0 Å². The van der Waals surface area contributed by atoms with E-state index < -0.39 is 6.10 Å². The summed E-state index contributed by atoms with van der Waals surface area (Å²) in [6.45, 7) is 6.14. The summed E-state index contributed by atoms with van der Waals surface area (Å²) in [4.78, 5) is 0. The summed E-state index contributed by atoms with van der Waals surface area (Å²) in [5.41, 5.74) is 0.504. The second-order valence-electron chi connectivity index (χ2n) is 5.16. The molecular weight excluding hydrogens is 226 g/mol. The van der Waals surface area contributed by atoms with Crippen molar-refractivity contribution in [3.63, 3.8) is 0 Å². The van der Waals surface area contributed by atoms with Gasteiger partial charge in [-0.2, -0.15) is 5.26 Å². The molecule has 0 bridgehead atoms. The van der Waals surface area contributed by atoms with Gasteiger partial charge in [-0.1, -0.05) is 18.2 Å². The monoisotopic (exact) mass is 247 g/mol. The van der Waals surface area contributed by atoms with Crippen LogP contribution in [0.25, 0.3) is 0 Å². The number of rotatable bonds is 6. The normalized spacial score (nSPS) is 12.8. The maximum absolute atomic E-state index is 9.61. The van der Waals surface area contributed by atoms with Crippen LogP contribution in [0, 0.1) is 16.7 Å². The van der Waals surface area contributed by atoms with Crippen LogP contribution in [0.2, 0.25) is 0 Å². The maximum Gasteiger partial charge on any atom is 0.125 e. The quantitative estimate of drug-likeness (QED) is 0.783. The molecule has 1 aromatic carbocycles.